The molecule has 19 heteroatoms. The van der Waals surface area contributed by atoms with Crippen LogP contribution < -0.4 is 0 Å². The number of carbonyl (C=O) groups is 4. The number of esters is 3. The number of hydrogen-bond acceptors (Lipinski definition) is 19. The van der Waals surface area contributed by atoms with Crippen molar-refractivity contribution in [1.29, 1.82) is 0 Å². The normalized spacial score (nSPS) is 45.0. The lowest BCUT2D eigenvalue weighted by atomic mass is 9.73. The maximum Gasteiger partial charge on any atom is 0.311 e. The third-order valence-corrected chi connectivity index (χ3v) is 14.7. The topological polar surface area (TPSA) is 239 Å². The molecule has 0 bridgehead atoms. The summed E-state index contributed by atoms with van der Waals surface area (Å²) in [4.78, 5) is 57.9. The number of cyclic esters (lactones) is 1. The zero-order chi connectivity index (χ0) is 50.8. The van der Waals surface area contributed by atoms with Crippen LogP contribution in [0.3, 0.4) is 0 Å². The summed E-state index contributed by atoms with van der Waals surface area (Å²) in [6, 6.07) is -0.825. The van der Waals surface area contributed by atoms with Crippen LogP contribution in [0.25, 0.3) is 0 Å². The fourth-order valence-corrected chi connectivity index (χ4v) is 10.9. The van der Waals surface area contributed by atoms with Gasteiger partial charge in [0.05, 0.1) is 54.2 Å². The summed E-state index contributed by atoms with van der Waals surface area (Å²) in [5.41, 5.74) is -4.42. The third-order valence-electron chi connectivity index (χ3n) is 14.7. The number of likely N-dealkylation sites (N-methyl/N-ethyl adjacent to an activating group) is 2. The lowest BCUT2D eigenvalue weighted by Gasteiger charge is -2.51. The molecular formula is C48H84N2O17. The Bertz CT molecular complexity index is 1680. The summed E-state index contributed by atoms with van der Waals surface area (Å²) >= 11 is 0. The second-order valence-corrected chi connectivity index (χ2v) is 21.3. The van der Waals surface area contributed by atoms with Gasteiger partial charge in [-0.05, 0) is 89.0 Å². The van der Waals surface area contributed by atoms with Crippen LogP contribution in [0, 0.1) is 23.2 Å². The maximum absolute atomic E-state index is 14.7. The number of rotatable bonds is 11. The standard InChI is InChI=1S/C48H84N2O17/c1-18-33-46(10,11)41(57)39(56)36(53)23(2)21-47(12,67-34-20-32(50(16)17)37(54)27(6)60-34)42(65-45-38(55)31(49(14)15)19-24(3)59-45)25(4)40(26(5)44(58)63-33)64-35-22-48(13,66-30(9)52)43(28(7)61-35)62-29(8)51/h23-28,31-35,37-43,45,54-57H,18-22H2,1-17H3/t23-,24-,25-,26+,27+,28+,31-,32+,33+,34+,35-,37-,38-,39+,40+,41-,42-,43-,45-,47+,48-/m1/s1. The number of nitrogens with zero attached hydrogens (tertiary/aromatic N) is 2. The quantitative estimate of drug-likeness (QED) is 0.172. The van der Waals surface area contributed by atoms with Gasteiger partial charge in [0, 0.05) is 56.0 Å². The van der Waals surface area contributed by atoms with Crippen LogP contribution in [0.2, 0.25) is 0 Å². The summed E-state index contributed by atoms with van der Waals surface area (Å²) in [6.45, 7) is 21.1. The SMILES string of the molecule is CC[C@@H]1OC(=O)[C@@H](C)[C@@H](O[C@@H]2C[C@@](C)(OC(C)=O)[C@H](OC(C)=O)[C@H](C)O2)[C@@H](C)[C@@H](O[C@H]2O[C@H](C)C[C@@H](N(C)C)[C@H]2O)[C@@](C)(O[C@H]2C[C@H](N(C)C)[C@H](O)[C@H](C)O2)C[C@@H](C)C(=O)[C@H](O)[C@@H](O)C1(C)C. The molecular weight excluding hydrogens is 877 g/mol. The lowest BCUT2D eigenvalue weighted by Crippen LogP contribution is -2.63. The number of aliphatic hydroxyl groups is 4. The Hall–Kier alpha value is -2.40. The highest BCUT2D eigenvalue weighted by Gasteiger charge is 2.56. The van der Waals surface area contributed by atoms with E-state index in [1.54, 1.807) is 69.2 Å². The van der Waals surface area contributed by atoms with Gasteiger partial charge in [0.2, 0.25) is 0 Å². The fourth-order valence-electron chi connectivity index (χ4n) is 10.9. The van der Waals surface area contributed by atoms with Crippen molar-refractivity contribution in [3.8, 4) is 0 Å². The molecule has 4 fully saturated rings. The summed E-state index contributed by atoms with van der Waals surface area (Å²) in [5.74, 6) is -5.81. The predicted octanol–water partition coefficient (Wildman–Crippen LogP) is 2.72. The molecule has 0 spiro atoms. The second-order valence-electron chi connectivity index (χ2n) is 21.3. The van der Waals surface area contributed by atoms with Crippen LogP contribution in [0.4, 0.5) is 0 Å². The molecule has 19 nitrogen and oxygen atoms in total. The molecule has 0 unspecified atom stereocenters. The summed E-state index contributed by atoms with van der Waals surface area (Å²) in [6.07, 6.45) is -15.0. The maximum atomic E-state index is 14.7. The third kappa shape index (κ3) is 13.1. The molecule has 4 heterocycles. The Morgan fingerprint density at radius 3 is 1.87 bits per heavy atom. The van der Waals surface area contributed by atoms with E-state index in [9.17, 15) is 39.6 Å². The van der Waals surface area contributed by atoms with Crippen LogP contribution in [0.1, 0.15) is 122 Å². The molecule has 0 radical (unpaired) electrons. The number of hydrogen-bond donors (Lipinski definition) is 4. The average Bonchev–Trinajstić information content (AvgIpc) is 3.21. The average molecular weight is 961 g/mol. The highest BCUT2D eigenvalue weighted by molar-refractivity contribution is 5.85. The Balaban J connectivity index is 2.00. The minimum absolute atomic E-state index is 0.145. The van der Waals surface area contributed by atoms with E-state index in [-0.39, 0.29) is 31.8 Å². The van der Waals surface area contributed by atoms with Crippen molar-refractivity contribution in [2.75, 3.05) is 28.2 Å². The Labute approximate surface area is 397 Å². The van der Waals surface area contributed by atoms with Gasteiger partial charge in [0.1, 0.15) is 18.3 Å². The number of ether oxygens (including phenoxy) is 9. The zero-order valence-electron chi connectivity index (χ0n) is 43.0. The first-order valence-corrected chi connectivity index (χ1v) is 24.0. The van der Waals surface area contributed by atoms with Crippen LogP contribution in [-0.4, -0.2) is 191 Å². The Morgan fingerprint density at radius 1 is 0.731 bits per heavy atom. The first kappa shape index (κ1) is 57.2. The van der Waals surface area contributed by atoms with Crippen molar-refractivity contribution in [1.82, 2.24) is 9.80 Å². The number of aliphatic hydroxyl groups excluding tert-OH is 4. The minimum atomic E-state index is -1.90. The molecule has 4 aliphatic rings. The van der Waals surface area contributed by atoms with Crippen molar-refractivity contribution >= 4 is 23.7 Å². The predicted molar refractivity (Wildman–Crippen MR) is 242 cm³/mol. The van der Waals surface area contributed by atoms with Crippen molar-refractivity contribution in [3.05, 3.63) is 0 Å². The number of carbonyl (C=O) groups excluding carboxylic acids is 4. The fraction of sp³-hybridized carbons (Fsp3) is 0.917. The monoisotopic (exact) mass is 961 g/mol. The summed E-state index contributed by atoms with van der Waals surface area (Å²) < 4.78 is 58.0. The van der Waals surface area contributed by atoms with Crippen molar-refractivity contribution in [2.45, 2.75) is 231 Å². The molecule has 0 amide bonds. The van der Waals surface area contributed by atoms with Crippen molar-refractivity contribution in [3.63, 3.8) is 0 Å². The van der Waals surface area contributed by atoms with Gasteiger partial charge in [-0.3, -0.25) is 19.2 Å². The van der Waals surface area contributed by atoms with Gasteiger partial charge in [0.15, 0.2) is 36.4 Å². The van der Waals surface area contributed by atoms with E-state index in [0.717, 1.165) is 0 Å². The molecule has 0 aromatic heterocycles. The molecule has 4 rings (SSSR count). The molecule has 67 heavy (non-hydrogen) atoms. The van der Waals surface area contributed by atoms with Gasteiger partial charge in [0.25, 0.3) is 0 Å². The molecule has 0 aromatic rings. The van der Waals surface area contributed by atoms with E-state index < -0.39 is 150 Å². The lowest BCUT2D eigenvalue weighted by molar-refractivity contribution is -0.340. The van der Waals surface area contributed by atoms with Gasteiger partial charge in [-0.1, -0.05) is 34.6 Å². The second kappa shape index (κ2) is 22.8. The number of ketones is 1. The van der Waals surface area contributed by atoms with Crippen LogP contribution in [0.5, 0.6) is 0 Å². The van der Waals surface area contributed by atoms with Crippen LogP contribution in [-0.2, 0) is 61.8 Å². The largest absolute Gasteiger partial charge is 0.461 e. The molecule has 21 atom stereocenters. The molecule has 4 aliphatic heterocycles. The molecule has 4 N–H and O–H groups in total. The van der Waals surface area contributed by atoms with Crippen LogP contribution in [0.15, 0.2) is 0 Å². The zero-order valence-corrected chi connectivity index (χ0v) is 43.0. The highest BCUT2D eigenvalue weighted by atomic mass is 16.7. The number of Topliss-reactive ketones (excluding diaryl/α,β-unsaturated/α-hetero) is 1. The molecule has 388 valence electrons. The molecule has 0 aliphatic carbocycles. The van der Waals surface area contributed by atoms with E-state index in [1.165, 1.54) is 13.8 Å². The summed E-state index contributed by atoms with van der Waals surface area (Å²) in [5, 5.41) is 46.6. The molecule has 0 aromatic carbocycles. The van der Waals surface area contributed by atoms with E-state index in [4.69, 9.17) is 42.6 Å². The van der Waals surface area contributed by atoms with Crippen LogP contribution >= 0.6 is 0 Å². The van der Waals surface area contributed by atoms with E-state index in [0.29, 0.717) is 6.42 Å². The van der Waals surface area contributed by atoms with Gasteiger partial charge >= 0.3 is 17.9 Å². The van der Waals surface area contributed by atoms with E-state index >= 15 is 0 Å². The molecule has 0 saturated carbocycles. The van der Waals surface area contributed by atoms with Gasteiger partial charge in [-0.15, -0.1) is 0 Å². The van der Waals surface area contributed by atoms with E-state index in [2.05, 4.69) is 0 Å². The first-order valence-electron chi connectivity index (χ1n) is 24.0. The first-order chi connectivity index (χ1) is 30.9. The molecule has 4 saturated heterocycles. The highest BCUT2D eigenvalue weighted by Crippen LogP contribution is 2.44. The van der Waals surface area contributed by atoms with Crippen molar-refractivity contribution < 1.29 is 82.2 Å². The van der Waals surface area contributed by atoms with Gasteiger partial charge in [-0.2, -0.15) is 0 Å². The van der Waals surface area contributed by atoms with E-state index in [1.807, 2.05) is 44.9 Å². The summed E-state index contributed by atoms with van der Waals surface area (Å²) in [7, 11) is 7.35. The van der Waals surface area contributed by atoms with Crippen molar-refractivity contribution in [2.24, 2.45) is 23.2 Å². The Morgan fingerprint density at radius 2 is 1.31 bits per heavy atom. The van der Waals surface area contributed by atoms with Gasteiger partial charge < -0.3 is 72.9 Å². The Kier molecular flexibility index (Phi) is 19.4. The van der Waals surface area contributed by atoms with Gasteiger partial charge in [-0.25, -0.2) is 0 Å². The minimum Gasteiger partial charge on any atom is -0.461 e. The smallest absolute Gasteiger partial charge is 0.311 e.